The van der Waals surface area contributed by atoms with Gasteiger partial charge in [0.2, 0.25) is 0 Å². The van der Waals surface area contributed by atoms with Gasteiger partial charge in [-0.25, -0.2) is 0 Å². The molecule has 0 aromatic rings. The molecule has 0 saturated heterocycles. The minimum absolute atomic E-state index is 0.0167. The lowest BCUT2D eigenvalue weighted by Crippen LogP contribution is -2.48. The van der Waals surface area contributed by atoms with Gasteiger partial charge in [-0.15, -0.1) is 0 Å². The number of ether oxygens (including phenoxy) is 1. The van der Waals surface area contributed by atoms with Crippen molar-refractivity contribution in [3.8, 4) is 0 Å². The Bertz CT molecular complexity index is 987. The van der Waals surface area contributed by atoms with Crippen LogP contribution >= 0.6 is 22.6 Å². The summed E-state index contributed by atoms with van der Waals surface area (Å²) in [5.41, 5.74) is 1.13. The van der Waals surface area contributed by atoms with Gasteiger partial charge in [0.15, 0.2) is 25.0 Å². The van der Waals surface area contributed by atoms with E-state index in [1.807, 2.05) is 0 Å². The maximum atomic E-state index is 11.9. The third-order valence-corrected chi connectivity index (χ3v) is 25.2. The fourth-order valence-electron chi connectivity index (χ4n) is 4.46. The van der Waals surface area contributed by atoms with E-state index in [0.29, 0.717) is 13.0 Å². The fourth-order valence-corrected chi connectivity index (χ4v) is 8.42. The van der Waals surface area contributed by atoms with Crippen LogP contribution < -0.4 is 0 Å². The van der Waals surface area contributed by atoms with Crippen LogP contribution in [0.3, 0.4) is 0 Å². The molecule has 1 N–H and O–H groups in total. The molecule has 0 aromatic carbocycles. The Kier molecular flexibility index (Phi) is 20.0. The summed E-state index contributed by atoms with van der Waals surface area (Å²) < 4.78 is 28.2. The van der Waals surface area contributed by atoms with Crippen LogP contribution in [0.4, 0.5) is 0 Å². The summed E-state index contributed by atoms with van der Waals surface area (Å²) >= 11 is 2.27. The average Bonchev–Trinajstić information content (AvgIpc) is 2.89. The number of rotatable bonds is 20. The van der Waals surface area contributed by atoms with Crippen molar-refractivity contribution in [1.82, 2.24) is 0 Å². The van der Waals surface area contributed by atoms with Crippen molar-refractivity contribution in [2.45, 2.75) is 187 Å². The summed E-state index contributed by atoms with van der Waals surface area (Å²) in [4.78, 5) is 0. The van der Waals surface area contributed by atoms with Gasteiger partial charge in [-0.1, -0.05) is 122 Å². The second-order valence-electron chi connectivity index (χ2n) is 18.3. The van der Waals surface area contributed by atoms with E-state index >= 15 is 0 Å². The van der Waals surface area contributed by atoms with Gasteiger partial charge >= 0.3 is 0 Å². The van der Waals surface area contributed by atoms with E-state index in [-0.39, 0.29) is 39.3 Å². The van der Waals surface area contributed by atoms with Gasteiger partial charge in [-0.3, -0.25) is 0 Å². The molecule has 0 fully saturated rings. The number of hydrogen-bond donors (Lipinski definition) is 1. The average molecular weight is 825 g/mol. The van der Waals surface area contributed by atoms with Gasteiger partial charge in [0, 0.05) is 19.1 Å². The largest absolute Gasteiger partial charge is 0.414 e. The molecule has 1 unspecified atom stereocenters. The zero-order valence-corrected chi connectivity index (χ0v) is 39.1. The van der Waals surface area contributed by atoms with Crippen molar-refractivity contribution in [3.05, 3.63) is 34.0 Å². The van der Waals surface area contributed by atoms with Gasteiger partial charge in [0.1, 0.15) is 0 Å². The van der Waals surface area contributed by atoms with E-state index in [9.17, 15) is 5.11 Å². The van der Waals surface area contributed by atoms with Crippen LogP contribution in [0.25, 0.3) is 0 Å². The highest BCUT2D eigenvalue weighted by molar-refractivity contribution is 14.1. The summed E-state index contributed by atoms with van der Waals surface area (Å²) in [6, 6.07) is 0. The van der Waals surface area contributed by atoms with Crippen molar-refractivity contribution in [2.24, 2.45) is 5.92 Å². The molecule has 0 saturated carbocycles. The molecule has 0 heterocycles. The molecule has 9 heteroatoms. The van der Waals surface area contributed by atoms with E-state index < -0.39 is 31.1 Å². The molecule has 0 aliphatic rings. The van der Waals surface area contributed by atoms with Crippen molar-refractivity contribution in [3.63, 3.8) is 0 Å². The minimum Gasteiger partial charge on any atom is -0.414 e. The van der Waals surface area contributed by atoms with Gasteiger partial charge in [0.25, 0.3) is 0 Å². The predicted molar refractivity (Wildman–Crippen MR) is 222 cm³/mol. The quantitative estimate of drug-likeness (QED) is 0.0753. The Morgan fingerprint density at radius 2 is 1.26 bits per heavy atom. The van der Waals surface area contributed by atoms with Gasteiger partial charge in [0.05, 0.1) is 24.9 Å². The molecule has 0 aliphatic heterocycles. The third kappa shape index (κ3) is 17.0. The molecule has 5 atom stereocenters. The second kappa shape index (κ2) is 19.9. The highest BCUT2D eigenvalue weighted by Gasteiger charge is 2.42. The molecule has 0 rings (SSSR count). The Hall–Kier alpha value is 0.401. The van der Waals surface area contributed by atoms with Crippen molar-refractivity contribution >= 4 is 47.5 Å². The lowest BCUT2D eigenvalue weighted by molar-refractivity contribution is 0.0121. The number of aliphatic hydroxyl groups excluding tert-OH is 1. The summed E-state index contributed by atoms with van der Waals surface area (Å²) in [7, 11) is -4.17. The van der Waals surface area contributed by atoms with Gasteiger partial charge in [-0.2, -0.15) is 0 Å². The van der Waals surface area contributed by atoms with E-state index in [0.717, 1.165) is 31.3 Å². The fraction of sp³-hybridized carbons (Fsp3) is 0.842. The van der Waals surface area contributed by atoms with E-state index in [2.05, 4.69) is 166 Å². The van der Waals surface area contributed by atoms with Crippen molar-refractivity contribution in [1.29, 1.82) is 0 Å². The second-order valence-corrected chi connectivity index (χ2v) is 33.3. The normalized spacial score (nSPS) is 18.2. The molecule has 0 amide bonds. The topological polar surface area (TPSA) is 57.2 Å². The van der Waals surface area contributed by atoms with Gasteiger partial charge < -0.3 is 23.1 Å². The summed E-state index contributed by atoms with van der Waals surface area (Å²) in [5.74, 6) is -0.0954. The zero-order valence-electron chi connectivity index (χ0n) is 34.0. The zero-order chi connectivity index (χ0) is 37.1. The maximum absolute atomic E-state index is 11.9. The summed E-state index contributed by atoms with van der Waals surface area (Å²) in [6.45, 7) is 39.2. The van der Waals surface area contributed by atoms with Crippen molar-refractivity contribution in [2.75, 3.05) is 13.7 Å². The van der Waals surface area contributed by atoms with Crippen LogP contribution in [-0.4, -0.2) is 68.2 Å². The van der Waals surface area contributed by atoms with Crippen molar-refractivity contribution < 1.29 is 23.1 Å². The Morgan fingerprint density at radius 1 is 0.766 bits per heavy atom. The smallest absolute Gasteiger partial charge is 0.192 e. The Balaban J connectivity index is 6.18. The molecule has 0 aliphatic carbocycles. The number of allylic oxidation sites excluding steroid dienone is 2. The Labute approximate surface area is 309 Å². The number of halogens is 1. The molecular weight excluding hydrogens is 748 g/mol. The van der Waals surface area contributed by atoms with E-state index in [1.54, 1.807) is 7.11 Å². The first-order chi connectivity index (χ1) is 21.1. The molecule has 0 spiro atoms. The van der Waals surface area contributed by atoms with E-state index in [4.69, 9.17) is 18.0 Å². The standard InChI is InChI=1S/C38H77IO5Si3/c1-30(22-21-27-42-45(13,14)36(3,4)5)28-35(44-47(17,18)38(9,10)11)31(2)34(40)29-33(43-46(15,16)37(6,7)8)24-19-23-32(41-12)25-20-26-39/h20-22,26,28,31-35,40H,19,23-25,27,29H2,1-18H3/b22-21+,26-20-,30-28+/t31-,32-,33+,34-,35?/m0/s1. The Morgan fingerprint density at radius 3 is 1.72 bits per heavy atom. The first-order valence-electron chi connectivity index (χ1n) is 17.9. The molecule has 0 bridgehead atoms. The summed E-state index contributed by atoms with van der Waals surface area (Å²) in [5, 5.41) is 12.2. The van der Waals surface area contributed by atoms with Crippen LogP contribution in [0.1, 0.15) is 108 Å². The van der Waals surface area contributed by atoms with Crippen LogP contribution in [0, 0.1) is 5.92 Å². The monoisotopic (exact) mass is 824 g/mol. The third-order valence-electron chi connectivity index (χ3n) is 11.2. The molecule has 5 nitrogen and oxygen atoms in total. The highest BCUT2D eigenvalue weighted by Crippen LogP contribution is 2.41. The van der Waals surface area contributed by atoms with Gasteiger partial charge in [-0.05, 0) is 97.5 Å². The lowest BCUT2D eigenvalue weighted by atomic mass is 9.91. The highest BCUT2D eigenvalue weighted by atomic mass is 127. The molecule has 278 valence electrons. The van der Waals surface area contributed by atoms with Crippen LogP contribution in [0.2, 0.25) is 54.4 Å². The van der Waals surface area contributed by atoms with E-state index in [1.165, 1.54) is 0 Å². The van der Waals surface area contributed by atoms with Crippen LogP contribution in [-0.2, 0) is 18.0 Å². The number of hydrogen-bond acceptors (Lipinski definition) is 5. The molecule has 0 aromatic heterocycles. The summed E-state index contributed by atoms with van der Waals surface area (Å²) in [6.07, 6.45) is 12.5. The molecular formula is C38H77IO5Si3. The SMILES string of the molecule is CO[C@H](C/C=C\I)CCC[C@H](C[C@H](O)[C@H](C)C(/C=C(C)/C=C/CO[Si](C)(C)C(C)(C)C)O[Si](C)(C)C(C)(C)C)O[Si](C)(C)C(C)(C)C. The number of methoxy groups -OCH3 is 1. The van der Waals surface area contributed by atoms with Crippen LogP contribution in [0.15, 0.2) is 34.0 Å². The van der Waals surface area contributed by atoms with Crippen LogP contribution in [0.5, 0.6) is 0 Å². The minimum atomic E-state index is -2.12. The predicted octanol–water partition coefficient (Wildman–Crippen LogP) is 12.2. The molecule has 0 radical (unpaired) electrons. The first kappa shape index (κ1) is 47.4. The first-order valence-corrected chi connectivity index (χ1v) is 27.9. The number of aliphatic hydroxyl groups is 1. The maximum Gasteiger partial charge on any atom is 0.192 e. The lowest BCUT2D eigenvalue weighted by Gasteiger charge is -2.42. The molecule has 47 heavy (non-hydrogen) atoms.